The van der Waals surface area contributed by atoms with Crippen molar-refractivity contribution in [3.63, 3.8) is 0 Å². The molecule has 4 nitrogen and oxygen atoms in total. The van der Waals surface area contributed by atoms with E-state index in [4.69, 9.17) is 0 Å². The second-order valence-electron chi connectivity index (χ2n) is 6.27. The van der Waals surface area contributed by atoms with Gasteiger partial charge in [-0.15, -0.1) is 0 Å². The van der Waals surface area contributed by atoms with Crippen LogP contribution in [0.15, 0.2) is 24.3 Å². The van der Waals surface area contributed by atoms with Crippen molar-refractivity contribution >= 4 is 11.6 Å². The second-order valence-corrected chi connectivity index (χ2v) is 6.27. The number of hydrogen-bond acceptors (Lipinski definition) is 3. The minimum atomic E-state index is -0.0575. The Morgan fingerprint density at radius 2 is 2.10 bits per heavy atom. The Kier molecular flexibility index (Phi) is 5.37. The van der Waals surface area contributed by atoms with E-state index in [1.54, 1.807) is 0 Å². The van der Waals surface area contributed by atoms with E-state index in [-0.39, 0.29) is 24.0 Å². The Hall–Kier alpha value is -1.39. The molecule has 2 rings (SSSR count). The third-order valence-electron chi connectivity index (χ3n) is 4.49. The van der Waals surface area contributed by atoms with Crippen molar-refractivity contribution in [2.75, 3.05) is 18.5 Å². The molecule has 0 spiro atoms. The molecule has 0 radical (unpaired) electrons. The second kappa shape index (κ2) is 7.05. The van der Waals surface area contributed by atoms with Gasteiger partial charge in [0.15, 0.2) is 0 Å². The number of rotatable bonds is 6. The summed E-state index contributed by atoms with van der Waals surface area (Å²) in [6.45, 7) is 4.74. The molecule has 0 bridgehead atoms. The van der Waals surface area contributed by atoms with Crippen LogP contribution < -0.4 is 10.6 Å². The Bertz CT molecular complexity index is 481. The fourth-order valence-corrected chi connectivity index (χ4v) is 3.09. The lowest BCUT2D eigenvalue weighted by Crippen LogP contribution is -2.36. The third-order valence-corrected chi connectivity index (χ3v) is 4.49. The van der Waals surface area contributed by atoms with Crippen molar-refractivity contribution in [2.45, 2.75) is 45.6 Å². The molecule has 1 fully saturated rings. The fourth-order valence-electron chi connectivity index (χ4n) is 3.09. The average Bonchev–Trinajstić information content (AvgIpc) is 2.94. The van der Waals surface area contributed by atoms with E-state index in [2.05, 4.69) is 23.6 Å². The number of hydrogen-bond donors (Lipinski definition) is 3. The van der Waals surface area contributed by atoms with Gasteiger partial charge in [-0.2, -0.15) is 0 Å². The zero-order chi connectivity index (χ0) is 15.3. The molecule has 0 aromatic heterocycles. The molecule has 1 saturated carbocycles. The highest BCUT2D eigenvalue weighted by Crippen LogP contribution is 2.37. The van der Waals surface area contributed by atoms with Crippen LogP contribution in [0.1, 0.15) is 51.1 Å². The lowest BCUT2D eigenvalue weighted by molar-refractivity contribution is -0.114. The number of nitrogens with one attached hydrogen (secondary N) is 2. The highest BCUT2D eigenvalue weighted by molar-refractivity contribution is 5.88. The molecule has 1 aliphatic carbocycles. The van der Waals surface area contributed by atoms with Gasteiger partial charge in [-0.3, -0.25) is 4.79 Å². The molecule has 4 heteroatoms. The summed E-state index contributed by atoms with van der Waals surface area (Å²) in [6.07, 6.45) is 4.65. The van der Waals surface area contributed by atoms with E-state index in [0.717, 1.165) is 30.6 Å². The van der Waals surface area contributed by atoms with Crippen molar-refractivity contribution < 1.29 is 9.90 Å². The molecule has 1 atom stereocenters. The van der Waals surface area contributed by atoms with Gasteiger partial charge in [0, 0.05) is 37.2 Å². The molecule has 1 amide bonds. The van der Waals surface area contributed by atoms with Gasteiger partial charge < -0.3 is 15.7 Å². The Morgan fingerprint density at radius 3 is 2.71 bits per heavy atom. The van der Waals surface area contributed by atoms with Gasteiger partial charge in [-0.1, -0.05) is 25.0 Å². The van der Waals surface area contributed by atoms with Gasteiger partial charge in [0.05, 0.1) is 0 Å². The maximum absolute atomic E-state index is 11.1. The fraction of sp³-hybridized carbons (Fsp3) is 0.588. The van der Waals surface area contributed by atoms with Gasteiger partial charge in [0.25, 0.3) is 0 Å². The van der Waals surface area contributed by atoms with E-state index in [0.29, 0.717) is 0 Å². The normalized spacial score (nSPS) is 18.4. The first-order chi connectivity index (χ1) is 10.0. The number of carbonyl (C=O) groups is 1. The highest BCUT2D eigenvalue weighted by atomic mass is 16.3. The standard InChI is InChI=1S/C17H26N2O2/c1-13(18-11-17(12-20)8-3-4-9-17)15-6-5-7-16(10-15)19-14(2)21/h5-7,10,13,18,20H,3-4,8-9,11-12H2,1-2H3,(H,19,21). The van der Waals surface area contributed by atoms with Crippen molar-refractivity contribution in [1.82, 2.24) is 5.32 Å². The Balaban J connectivity index is 1.96. The third kappa shape index (κ3) is 4.29. The minimum absolute atomic E-state index is 0.0575. The van der Waals surface area contributed by atoms with Gasteiger partial charge in [0.2, 0.25) is 5.91 Å². The molecule has 1 aromatic carbocycles. The predicted molar refractivity (Wildman–Crippen MR) is 85.2 cm³/mol. The van der Waals surface area contributed by atoms with Crippen LogP contribution in [0.3, 0.4) is 0 Å². The quantitative estimate of drug-likeness (QED) is 0.755. The van der Waals surface area contributed by atoms with Crippen molar-refractivity contribution in [2.24, 2.45) is 5.41 Å². The van der Waals surface area contributed by atoms with E-state index in [1.807, 2.05) is 18.2 Å². The molecule has 0 aliphatic heterocycles. The van der Waals surface area contributed by atoms with Crippen LogP contribution in [0.2, 0.25) is 0 Å². The average molecular weight is 290 g/mol. The number of aliphatic hydroxyl groups is 1. The largest absolute Gasteiger partial charge is 0.396 e. The first-order valence-electron chi connectivity index (χ1n) is 7.76. The summed E-state index contributed by atoms with van der Waals surface area (Å²) in [5, 5.41) is 16.0. The topological polar surface area (TPSA) is 61.4 Å². The molecule has 1 aliphatic rings. The molecule has 21 heavy (non-hydrogen) atoms. The maximum atomic E-state index is 11.1. The van der Waals surface area contributed by atoms with Crippen molar-refractivity contribution in [3.05, 3.63) is 29.8 Å². The summed E-state index contributed by atoms with van der Waals surface area (Å²) in [7, 11) is 0. The van der Waals surface area contributed by atoms with Crippen LogP contribution >= 0.6 is 0 Å². The summed E-state index contributed by atoms with van der Waals surface area (Å²) in [6, 6.07) is 8.10. The molecule has 1 aromatic rings. The van der Waals surface area contributed by atoms with E-state index >= 15 is 0 Å². The number of anilines is 1. The van der Waals surface area contributed by atoms with Crippen molar-refractivity contribution in [1.29, 1.82) is 0 Å². The first kappa shape index (κ1) is 16.0. The lowest BCUT2D eigenvalue weighted by atomic mass is 9.87. The van der Waals surface area contributed by atoms with Crippen LogP contribution in [0, 0.1) is 5.41 Å². The molecule has 0 heterocycles. The van der Waals surface area contributed by atoms with Crippen LogP contribution in [0.5, 0.6) is 0 Å². The number of aliphatic hydroxyl groups excluding tert-OH is 1. The minimum Gasteiger partial charge on any atom is -0.396 e. The summed E-state index contributed by atoms with van der Waals surface area (Å²) in [4.78, 5) is 11.1. The van der Waals surface area contributed by atoms with Crippen LogP contribution in [0.4, 0.5) is 5.69 Å². The first-order valence-corrected chi connectivity index (χ1v) is 7.76. The number of amides is 1. The highest BCUT2D eigenvalue weighted by Gasteiger charge is 2.33. The summed E-state index contributed by atoms with van der Waals surface area (Å²) < 4.78 is 0. The van der Waals surface area contributed by atoms with Gasteiger partial charge in [-0.05, 0) is 37.5 Å². The summed E-state index contributed by atoms with van der Waals surface area (Å²) in [5.41, 5.74) is 2.03. The van der Waals surface area contributed by atoms with Crippen LogP contribution in [0.25, 0.3) is 0 Å². The monoisotopic (exact) mass is 290 g/mol. The van der Waals surface area contributed by atoms with Crippen molar-refractivity contribution in [3.8, 4) is 0 Å². The molecule has 3 N–H and O–H groups in total. The Morgan fingerprint density at radius 1 is 1.38 bits per heavy atom. The number of benzene rings is 1. The zero-order valence-electron chi connectivity index (χ0n) is 13.0. The molecule has 116 valence electrons. The zero-order valence-corrected chi connectivity index (χ0v) is 13.0. The maximum Gasteiger partial charge on any atom is 0.221 e. The molecule has 0 saturated heterocycles. The van der Waals surface area contributed by atoms with Crippen LogP contribution in [-0.4, -0.2) is 24.2 Å². The summed E-state index contributed by atoms with van der Waals surface area (Å²) >= 11 is 0. The van der Waals surface area contributed by atoms with E-state index < -0.39 is 0 Å². The summed E-state index contributed by atoms with van der Waals surface area (Å²) in [5.74, 6) is -0.0575. The molecule has 1 unspecified atom stereocenters. The molecular formula is C17H26N2O2. The number of carbonyl (C=O) groups excluding carboxylic acids is 1. The van der Waals surface area contributed by atoms with Crippen LogP contribution in [-0.2, 0) is 4.79 Å². The van der Waals surface area contributed by atoms with Gasteiger partial charge >= 0.3 is 0 Å². The smallest absolute Gasteiger partial charge is 0.221 e. The predicted octanol–water partition coefficient (Wildman–Crippen LogP) is 2.85. The lowest BCUT2D eigenvalue weighted by Gasteiger charge is -2.29. The van der Waals surface area contributed by atoms with E-state index in [1.165, 1.54) is 19.8 Å². The Labute approximate surface area is 126 Å². The van der Waals surface area contributed by atoms with Gasteiger partial charge in [-0.25, -0.2) is 0 Å². The molecular weight excluding hydrogens is 264 g/mol. The van der Waals surface area contributed by atoms with Gasteiger partial charge in [0.1, 0.15) is 0 Å². The van der Waals surface area contributed by atoms with E-state index in [9.17, 15) is 9.90 Å². The SMILES string of the molecule is CC(=O)Nc1cccc(C(C)NCC2(CO)CCCC2)c1.